The summed E-state index contributed by atoms with van der Waals surface area (Å²) in [6.07, 6.45) is 1.05. The first kappa shape index (κ1) is 16.8. The van der Waals surface area contributed by atoms with Crippen LogP contribution in [0.15, 0.2) is 48.5 Å². The molecule has 3 rings (SSSR count). The Labute approximate surface area is 145 Å². The maximum absolute atomic E-state index is 5.30. The molecule has 0 radical (unpaired) electrons. The molecule has 1 aliphatic heterocycles. The molecule has 128 valence electrons. The van der Waals surface area contributed by atoms with Crippen LogP contribution in [0.25, 0.3) is 0 Å². The van der Waals surface area contributed by atoms with E-state index in [2.05, 4.69) is 79.1 Å². The molecular weight excluding hydrogens is 296 g/mol. The van der Waals surface area contributed by atoms with Gasteiger partial charge in [-0.05, 0) is 56.6 Å². The van der Waals surface area contributed by atoms with Gasteiger partial charge >= 0.3 is 0 Å². The lowest BCUT2D eigenvalue weighted by atomic mass is 9.91. The van der Waals surface area contributed by atoms with Crippen LogP contribution in [-0.4, -0.2) is 37.3 Å². The molecule has 0 aliphatic carbocycles. The first-order valence-corrected chi connectivity index (χ1v) is 8.73. The van der Waals surface area contributed by atoms with Crippen LogP contribution in [-0.2, 0) is 6.42 Å². The Morgan fingerprint density at radius 1 is 1.04 bits per heavy atom. The van der Waals surface area contributed by atoms with Gasteiger partial charge in [0, 0.05) is 12.2 Å². The van der Waals surface area contributed by atoms with Crippen molar-refractivity contribution in [1.82, 2.24) is 4.90 Å². The molecule has 1 saturated heterocycles. The zero-order valence-electron chi connectivity index (χ0n) is 15.2. The number of nitrogens with zero attached hydrogens (tertiary/aromatic N) is 2. The summed E-state index contributed by atoms with van der Waals surface area (Å²) in [5.74, 6) is 0.908. The van der Waals surface area contributed by atoms with Gasteiger partial charge in [0.1, 0.15) is 5.75 Å². The van der Waals surface area contributed by atoms with E-state index in [4.69, 9.17) is 4.74 Å². The van der Waals surface area contributed by atoms with Crippen molar-refractivity contribution in [2.24, 2.45) is 0 Å². The summed E-state index contributed by atoms with van der Waals surface area (Å²) in [5.41, 5.74) is 4.08. The quantitative estimate of drug-likeness (QED) is 0.823. The van der Waals surface area contributed by atoms with Crippen molar-refractivity contribution in [3.63, 3.8) is 0 Å². The topological polar surface area (TPSA) is 15.7 Å². The maximum Gasteiger partial charge on any atom is 0.119 e. The molecule has 1 aliphatic rings. The lowest BCUT2D eigenvalue weighted by Crippen LogP contribution is -2.45. The molecule has 2 aromatic carbocycles. The van der Waals surface area contributed by atoms with Gasteiger partial charge in [-0.2, -0.15) is 0 Å². The molecule has 0 bridgehead atoms. The fourth-order valence-corrected chi connectivity index (χ4v) is 3.65. The second-order valence-electron chi connectivity index (χ2n) is 7.07. The van der Waals surface area contributed by atoms with E-state index in [1.165, 1.54) is 16.8 Å². The van der Waals surface area contributed by atoms with Crippen molar-refractivity contribution in [2.45, 2.75) is 32.7 Å². The third-order valence-electron chi connectivity index (χ3n) is 5.09. The van der Waals surface area contributed by atoms with Crippen molar-refractivity contribution in [1.29, 1.82) is 0 Å². The minimum Gasteiger partial charge on any atom is -0.497 e. The number of benzene rings is 2. The predicted molar refractivity (Wildman–Crippen MR) is 101 cm³/mol. The zero-order chi connectivity index (χ0) is 17.2. The number of anilines is 1. The molecule has 3 heteroatoms. The normalized spacial score (nSPS) is 21.2. The summed E-state index contributed by atoms with van der Waals surface area (Å²) < 4.78 is 5.30. The molecule has 1 heterocycles. The molecule has 0 N–H and O–H groups in total. The van der Waals surface area contributed by atoms with Crippen LogP contribution < -0.4 is 9.64 Å². The third kappa shape index (κ3) is 3.41. The van der Waals surface area contributed by atoms with Gasteiger partial charge in [-0.15, -0.1) is 0 Å². The number of hydrogen-bond acceptors (Lipinski definition) is 3. The number of likely N-dealkylation sites (N-methyl/N-ethyl adjacent to an activating group) is 1. The van der Waals surface area contributed by atoms with E-state index >= 15 is 0 Å². The highest BCUT2D eigenvalue weighted by Crippen LogP contribution is 2.34. The Bertz CT molecular complexity index is 665. The fraction of sp³-hybridized carbons (Fsp3) is 0.429. The molecule has 0 saturated carbocycles. The predicted octanol–water partition coefficient (Wildman–Crippen LogP) is 4.10. The van der Waals surface area contributed by atoms with Gasteiger partial charge in [-0.1, -0.05) is 36.8 Å². The molecule has 24 heavy (non-hydrogen) atoms. The summed E-state index contributed by atoms with van der Waals surface area (Å²) in [7, 11) is 1.71. The van der Waals surface area contributed by atoms with Crippen molar-refractivity contribution in [3.05, 3.63) is 59.7 Å². The second-order valence-corrected chi connectivity index (χ2v) is 7.07. The molecular formula is C21H28N2O. The van der Waals surface area contributed by atoms with E-state index in [-0.39, 0.29) is 5.54 Å². The van der Waals surface area contributed by atoms with Crippen molar-refractivity contribution >= 4 is 5.69 Å². The summed E-state index contributed by atoms with van der Waals surface area (Å²) in [5, 5.41) is 0. The lowest BCUT2D eigenvalue weighted by molar-refractivity contribution is 0.330. The molecule has 1 unspecified atom stereocenters. The van der Waals surface area contributed by atoms with E-state index in [9.17, 15) is 0 Å². The summed E-state index contributed by atoms with van der Waals surface area (Å²) in [6, 6.07) is 17.4. The molecule has 2 aromatic rings. The van der Waals surface area contributed by atoms with Crippen molar-refractivity contribution < 1.29 is 4.74 Å². The molecule has 3 nitrogen and oxygen atoms in total. The molecule has 1 atom stereocenters. The van der Waals surface area contributed by atoms with E-state index in [0.717, 1.165) is 31.9 Å². The van der Waals surface area contributed by atoms with Crippen LogP contribution >= 0.6 is 0 Å². The largest absolute Gasteiger partial charge is 0.497 e. The van der Waals surface area contributed by atoms with Gasteiger partial charge in [0.05, 0.1) is 19.3 Å². The number of methoxy groups -OCH3 is 1. The zero-order valence-corrected chi connectivity index (χ0v) is 15.2. The molecule has 1 fully saturated rings. The van der Waals surface area contributed by atoms with Gasteiger partial charge < -0.3 is 9.64 Å². The standard InChI is InChI=1S/C21H28N2O/c1-5-22-15-21(3,14-18-8-6-17(2)7-9-18)23(16-22)19-10-12-20(24-4)13-11-19/h6-13H,5,14-16H2,1-4H3. The first-order valence-electron chi connectivity index (χ1n) is 8.73. The number of aryl methyl sites for hydroxylation is 1. The summed E-state index contributed by atoms with van der Waals surface area (Å²) in [4.78, 5) is 5.05. The SMILES string of the molecule is CCN1CN(c2ccc(OC)cc2)C(C)(Cc2ccc(C)cc2)C1. The fourth-order valence-electron chi connectivity index (χ4n) is 3.65. The van der Waals surface area contributed by atoms with Gasteiger partial charge in [0.15, 0.2) is 0 Å². The van der Waals surface area contributed by atoms with Crippen LogP contribution in [0.5, 0.6) is 5.75 Å². The van der Waals surface area contributed by atoms with Crippen molar-refractivity contribution in [3.8, 4) is 5.75 Å². The molecule has 0 spiro atoms. The Kier molecular flexibility index (Phi) is 4.81. The Morgan fingerprint density at radius 2 is 1.71 bits per heavy atom. The van der Waals surface area contributed by atoms with Gasteiger partial charge in [-0.25, -0.2) is 0 Å². The van der Waals surface area contributed by atoms with Gasteiger partial charge in [0.25, 0.3) is 0 Å². The number of ether oxygens (including phenoxy) is 1. The minimum atomic E-state index is 0.0971. The Balaban J connectivity index is 1.87. The molecule has 0 amide bonds. The first-order chi connectivity index (χ1) is 11.5. The van der Waals surface area contributed by atoms with Crippen LogP contribution in [0.2, 0.25) is 0 Å². The van der Waals surface area contributed by atoms with Crippen LogP contribution in [0.3, 0.4) is 0 Å². The highest BCUT2D eigenvalue weighted by molar-refractivity contribution is 5.53. The van der Waals surface area contributed by atoms with Crippen LogP contribution in [0, 0.1) is 6.92 Å². The summed E-state index contributed by atoms with van der Waals surface area (Å²) >= 11 is 0. The maximum atomic E-state index is 5.30. The van der Waals surface area contributed by atoms with Gasteiger partial charge in [0.2, 0.25) is 0 Å². The third-order valence-corrected chi connectivity index (χ3v) is 5.09. The molecule has 0 aromatic heterocycles. The Morgan fingerprint density at radius 3 is 2.29 bits per heavy atom. The van der Waals surface area contributed by atoms with Crippen LogP contribution in [0.4, 0.5) is 5.69 Å². The summed E-state index contributed by atoms with van der Waals surface area (Å²) in [6.45, 7) is 9.91. The van der Waals surface area contributed by atoms with E-state index in [1.54, 1.807) is 7.11 Å². The average Bonchev–Trinajstić information content (AvgIpc) is 2.94. The van der Waals surface area contributed by atoms with Crippen LogP contribution in [0.1, 0.15) is 25.0 Å². The van der Waals surface area contributed by atoms with Gasteiger partial charge in [-0.3, -0.25) is 4.90 Å². The minimum absolute atomic E-state index is 0.0971. The lowest BCUT2D eigenvalue weighted by Gasteiger charge is -2.36. The number of rotatable bonds is 5. The number of hydrogen-bond donors (Lipinski definition) is 0. The second kappa shape index (κ2) is 6.86. The smallest absolute Gasteiger partial charge is 0.119 e. The monoisotopic (exact) mass is 324 g/mol. The highest BCUT2D eigenvalue weighted by Gasteiger charge is 2.40. The van der Waals surface area contributed by atoms with E-state index in [1.807, 2.05) is 0 Å². The van der Waals surface area contributed by atoms with E-state index < -0.39 is 0 Å². The highest BCUT2D eigenvalue weighted by atomic mass is 16.5. The van der Waals surface area contributed by atoms with Crippen molar-refractivity contribution in [2.75, 3.05) is 31.8 Å². The van der Waals surface area contributed by atoms with E-state index in [0.29, 0.717) is 0 Å². The Hall–Kier alpha value is -2.00. The average molecular weight is 324 g/mol.